The average molecular weight is 153 g/mol. The zero-order chi connectivity index (χ0) is 8.27. The third-order valence-corrected chi connectivity index (χ3v) is 1.59. The van der Waals surface area contributed by atoms with E-state index in [1.165, 1.54) is 0 Å². The molecule has 60 valence electrons. The molecule has 0 atom stereocenters. The summed E-state index contributed by atoms with van der Waals surface area (Å²) in [4.78, 5) is 0. The molecule has 0 amide bonds. The Hall–Kier alpha value is -1.19. The minimum atomic E-state index is 0.885. The van der Waals surface area contributed by atoms with Gasteiger partial charge in [-0.05, 0) is 6.92 Å². The molecule has 0 saturated carbocycles. The highest BCUT2D eigenvalue weighted by Gasteiger charge is 2.10. The molecule has 1 aromatic rings. The van der Waals surface area contributed by atoms with Crippen LogP contribution >= 0.6 is 0 Å². The molecule has 0 aromatic carbocycles. The van der Waals surface area contributed by atoms with Crippen molar-refractivity contribution in [2.45, 2.75) is 13.3 Å². The Balaban J connectivity index is 2.83. The van der Waals surface area contributed by atoms with E-state index in [4.69, 9.17) is 0 Å². The Morgan fingerprint density at radius 2 is 2.36 bits per heavy atom. The predicted octanol–water partition coefficient (Wildman–Crippen LogP) is -0.242. The topological polar surface area (TPSA) is 34.6 Å². The molecule has 0 saturated heterocycles. The molecular weight excluding hydrogens is 140 g/mol. The van der Waals surface area contributed by atoms with Crippen LogP contribution in [0.15, 0.2) is 12.2 Å². The van der Waals surface area contributed by atoms with Gasteiger partial charge in [-0.15, -0.1) is 4.68 Å². The highest BCUT2D eigenvalue weighted by Crippen LogP contribution is 1.88. The van der Waals surface area contributed by atoms with Crippen LogP contribution in [0.25, 0.3) is 0 Å². The summed E-state index contributed by atoms with van der Waals surface area (Å²) in [5.41, 5.74) is 0. The van der Waals surface area contributed by atoms with Gasteiger partial charge in [-0.3, -0.25) is 0 Å². The van der Waals surface area contributed by atoms with Crippen molar-refractivity contribution in [1.29, 1.82) is 0 Å². The van der Waals surface area contributed by atoms with Gasteiger partial charge in [0.05, 0.1) is 20.5 Å². The molecule has 0 aliphatic heterocycles. The first-order valence-electron chi connectivity index (χ1n) is 3.61. The van der Waals surface area contributed by atoms with E-state index in [9.17, 15) is 0 Å². The van der Waals surface area contributed by atoms with Crippen LogP contribution in [-0.4, -0.2) is 15.1 Å². The summed E-state index contributed by atoms with van der Waals surface area (Å²) < 4.78 is 3.56. The first kappa shape index (κ1) is 7.91. The molecule has 0 aliphatic rings. The molecule has 0 unspecified atom stereocenters. The van der Waals surface area contributed by atoms with E-state index >= 15 is 0 Å². The van der Waals surface area contributed by atoms with Crippen molar-refractivity contribution >= 4 is 0 Å². The van der Waals surface area contributed by atoms with Gasteiger partial charge in [-0.1, -0.05) is 16.8 Å². The summed E-state index contributed by atoms with van der Waals surface area (Å²) in [6.45, 7) is 2.00. The highest BCUT2D eigenvalue weighted by atomic mass is 15.6. The van der Waals surface area contributed by atoms with Gasteiger partial charge >= 0.3 is 0 Å². The van der Waals surface area contributed by atoms with Gasteiger partial charge in [0.1, 0.15) is 5.21 Å². The zero-order valence-corrected chi connectivity index (χ0v) is 7.15. The molecule has 4 nitrogen and oxygen atoms in total. The van der Waals surface area contributed by atoms with Crippen LogP contribution in [0.3, 0.4) is 0 Å². The van der Waals surface area contributed by atoms with E-state index < -0.39 is 0 Å². The van der Waals surface area contributed by atoms with E-state index in [-0.39, 0.29) is 0 Å². The lowest BCUT2D eigenvalue weighted by molar-refractivity contribution is -0.738. The van der Waals surface area contributed by atoms with Gasteiger partial charge in [-0.2, -0.15) is 0 Å². The Bertz CT molecular complexity index is 242. The van der Waals surface area contributed by atoms with E-state index in [2.05, 4.69) is 16.5 Å². The summed E-state index contributed by atoms with van der Waals surface area (Å²) in [5, 5.41) is 7.73. The minimum absolute atomic E-state index is 0.885. The molecule has 0 N–H and O–H groups in total. The van der Waals surface area contributed by atoms with E-state index in [1.54, 1.807) is 9.36 Å². The lowest BCUT2D eigenvalue weighted by Gasteiger charge is -1.88. The Kier molecular flexibility index (Phi) is 2.36. The number of nitrogens with zero attached hydrogens (tertiary/aromatic N) is 4. The molecule has 0 fully saturated rings. The SMILES string of the molecule is C/C=C/Cc1n(C)nn[n+]1C. The summed E-state index contributed by atoms with van der Waals surface area (Å²) in [5.74, 6) is 1.10. The fourth-order valence-electron chi connectivity index (χ4n) is 0.920. The molecule has 0 radical (unpaired) electrons. The number of hydrogen-bond donors (Lipinski definition) is 0. The fourth-order valence-corrected chi connectivity index (χ4v) is 0.920. The summed E-state index contributed by atoms with van der Waals surface area (Å²) >= 11 is 0. The molecule has 1 heterocycles. The first-order valence-corrected chi connectivity index (χ1v) is 3.61. The number of allylic oxidation sites excluding steroid dienone is 2. The summed E-state index contributed by atoms with van der Waals surface area (Å²) in [6, 6.07) is 0. The van der Waals surface area contributed by atoms with Crippen molar-refractivity contribution in [3.8, 4) is 0 Å². The van der Waals surface area contributed by atoms with Crippen LogP contribution in [0, 0.1) is 0 Å². The molecular formula is C7H13N4+. The third kappa shape index (κ3) is 1.63. The number of aromatic nitrogens is 4. The van der Waals surface area contributed by atoms with Crippen molar-refractivity contribution in [2.24, 2.45) is 14.1 Å². The van der Waals surface area contributed by atoms with Crippen molar-refractivity contribution in [3.63, 3.8) is 0 Å². The first-order chi connectivity index (χ1) is 5.25. The van der Waals surface area contributed by atoms with Crippen LogP contribution in [0.1, 0.15) is 12.7 Å². The van der Waals surface area contributed by atoms with Crippen LogP contribution in [-0.2, 0) is 20.5 Å². The standard InChI is InChI=1S/C7H13N4/c1-4-5-6-7-10(2)8-9-11(7)3/h4-5H,6H2,1-3H3/q+1/b5-4+. The molecule has 0 spiro atoms. The van der Waals surface area contributed by atoms with Crippen molar-refractivity contribution in [1.82, 2.24) is 15.1 Å². The summed E-state index contributed by atoms with van der Waals surface area (Å²) in [6.07, 6.45) is 4.99. The fraction of sp³-hybridized carbons (Fsp3) is 0.571. The average Bonchev–Trinajstić information content (AvgIpc) is 2.29. The van der Waals surface area contributed by atoms with Gasteiger partial charge in [0.2, 0.25) is 0 Å². The van der Waals surface area contributed by atoms with Crippen LogP contribution in [0.2, 0.25) is 0 Å². The second-order valence-corrected chi connectivity index (χ2v) is 2.42. The molecule has 1 rings (SSSR count). The second-order valence-electron chi connectivity index (χ2n) is 2.42. The number of hydrogen-bond acceptors (Lipinski definition) is 2. The van der Waals surface area contributed by atoms with Crippen LogP contribution in [0.4, 0.5) is 0 Å². The number of aryl methyl sites for hydroxylation is 2. The molecule has 1 aromatic heterocycles. The third-order valence-electron chi connectivity index (χ3n) is 1.59. The maximum Gasteiger partial charge on any atom is 0.260 e. The van der Waals surface area contributed by atoms with Crippen molar-refractivity contribution in [3.05, 3.63) is 18.0 Å². The smallest absolute Gasteiger partial charge is 0.140 e. The van der Waals surface area contributed by atoms with Gasteiger partial charge < -0.3 is 0 Å². The zero-order valence-electron chi connectivity index (χ0n) is 7.15. The Morgan fingerprint density at radius 1 is 1.64 bits per heavy atom. The van der Waals surface area contributed by atoms with Gasteiger partial charge in [-0.25, -0.2) is 0 Å². The van der Waals surface area contributed by atoms with E-state index in [1.807, 2.05) is 27.1 Å². The van der Waals surface area contributed by atoms with E-state index in [0.717, 1.165) is 12.2 Å². The lowest BCUT2D eigenvalue weighted by atomic mass is 10.3. The normalized spacial score (nSPS) is 11.2. The molecule has 0 aliphatic carbocycles. The maximum absolute atomic E-state index is 3.86. The molecule has 11 heavy (non-hydrogen) atoms. The summed E-state index contributed by atoms with van der Waals surface area (Å²) in [7, 11) is 3.79. The molecule has 4 heteroatoms. The Morgan fingerprint density at radius 3 is 2.82 bits per heavy atom. The van der Waals surface area contributed by atoms with Crippen LogP contribution in [0.5, 0.6) is 0 Å². The van der Waals surface area contributed by atoms with Gasteiger partial charge in [0.25, 0.3) is 5.82 Å². The van der Waals surface area contributed by atoms with E-state index in [0.29, 0.717) is 0 Å². The minimum Gasteiger partial charge on any atom is -0.140 e. The number of rotatable bonds is 2. The monoisotopic (exact) mass is 153 g/mol. The number of tetrazole rings is 1. The largest absolute Gasteiger partial charge is 0.260 e. The second kappa shape index (κ2) is 3.27. The van der Waals surface area contributed by atoms with Gasteiger partial charge in [0, 0.05) is 0 Å². The predicted molar refractivity (Wildman–Crippen MR) is 40.7 cm³/mol. The lowest BCUT2D eigenvalue weighted by Crippen LogP contribution is -2.35. The van der Waals surface area contributed by atoms with Crippen molar-refractivity contribution < 1.29 is 4.68 Å². The Labute approximate surface area is 66.1 Å². The highest BCUT2D eigenvalue weighted by molar-refractivity contribution is 4.88. The van der Waals surface area contributed by atoms with Gasteiger partial charge in [0.15, 0.2) is 5.21 Å². The van der Waals surface area contributed by atoms with Crippen molar-refractivity contribution in [2.75, 3.05) is 0 Å². The molecule has 0 bridgehead atoms. The van der Waals surface area contributed by atoms with Crippen LogP contribution < -0.4 is 4.68 Å². The quantitative estimate of drug-likeness (QED) is 0.434. The maximum atomic E-state index is 3.86.